The summed E-state index contributed by atoms with van der Waals surface area (Å²) in [6, 6.07) is 0. The molecule has 1 aromatic heterocycles. The average Bonchev–Trinajstić information content (AvgIpc) is 2.49. The molecule has 2 rings (SSSR count). The van der Waals surface area contributed by atoms with Crippen LogP contribution in [0.4, 0.5) is 11.6 Å². The molecule has 1 fully saturated rings. The summed E-state index contributed by atoms with van der Waals surface area (Å²) in [7, 11) is 0. The summed E-state index contributed by atoms with van der Waals surface area (Å²) >= 11 is 0. The second-order valence-corrected chi connectivity index (χ2v) is 6.42. The Morgan fingerprint density at radius 3 is 2.43 bits per heavy atom. The molecule has 0 bridgehead atoms. The normalized spacial score (nSPS) is 16.2. The molecule has 1 saturated carbocycles. The van der Waals surface area contributed by atoms with E-state index >= 15 is 0 Å². The molecule has 1 aliphatic rings. The van der Waals surface area contributed by atoms with Crippen molar-refractivity contribution in [3.8, 4) is 0 Å². The molecule has 4 N–H and O–H groups in total. The quantitative estimate of drug-likeness (QED) is 0.552. The summed E-state index contributed by atoms with van der Waals surface area (Å²) in [5.74, 6) is 9.19. The van der Waals surface area contributed by atoms with Gasteiger partial charge in [0, 0.05) is 18.0 Å². The summed E-state index contributed by atoms with van der Waals surface area (Å²) in [5.41, 5.74) is 3.67. The molecule has 0 amide bonds. The van der Waals surface area contributed by atoms with Gasteiger partial charge in [-0.2, -0.15) is 0 Å². The first-order chi connectivity index (χ1) is 10.1. The van der Waals surface area contributed by atoms with Crippen LogP contribution in [0.15, 0.2) is 0 Å². The summed E-state index contributed by atoms with van der Waals surface area (Å²) in [5, 5.41) is 3.48. The molecule has 5 nitrogen and oxygen atoms in total. The molecule has 21 heavy (non-hydrogen) atoms. The fraction of sp³-hybridized carbons (Fsp3) is 0.750. The Kier molecular flexibility index (Phi) is 5.79. The first-order valence-electron chi connectivity index (χ1n) is 8.20. The van der Waals surface area contributed by atoms with E-state index < -0.39 is 0 Å². The lowest BCUT2D eigenvalue weighted by atomic mass is 9.87. The van der Waals surface area contributed by atoms with Gasteiger partial charge in [0.15, 0.2) is 0 Å². The van der Waals surface area contributed by atoms with E-state index in [1.807, 2.05) is 6.92 Å². The van der Waals surface area contributed by atoms with Crippen LogP contribution in [-0.2, 0) is 0 Å². The van der Waals surface area contributed by atoms with Crippen molar-refractivity contribution in [2.45, 2.75) is 65.2 Å². The highest BCUT2D eigenvalue weighted by atomic mass is 15.3. The number of rotatable bonds is 6. The zero-order chi connectivity index (χ0) is 15.2. The van der Waals surface area contributed by atoms with Crippen molar-refractivity contribution < 1.29 is 0 Å². The highest BCUT2D eigenvalue weighted by Crippen LogP contribution is 2.27. The lowest BCUT2D eigenvalue weighted by Crippen LogP contribution is -2.17. The Bertz CT molecular complexity index is 452. The Labute approximate surface area is 128 Å². The zero-order valence-electron chi connectivity index (χ0n) is 13.6. The molecule has 0 saturated heterocycles. The first kappa shape index (κ1) is 16.0. The summed E-state index contributed by atoms with van der Waals surface area (Å²) < 4.78 is 0. The van der Waals surface area contributed by atoms with E-state index in [4.69, 9.17) is 5.84 Å². The van der Waals surface area contributed by atoms with Gasteiger partial charge in [-0.1, -0.05) is 46.0 Å². The topological polar surface area (TPSA) is 75.9 Å². The van der Waals surface area contributed by atoms with Crippen LogP contribution in [0.1, 0.15) is 69.7 Å². The van der Waals surface area contributed by atoms with Crippen LogP contribution < -0.4 is 16.6 Å². The van der Waals surface area contributed by atoms with Crippen LogP contribution in [-0.4, -0.2) is 16.5 Å². The number of aromatic nitrogens is 2. The van der Waals surface area contributed by atoms with Gasteiger partial charge in [0.1, 0.15) is 17.5 Å². The minimum Gasteiger partial charge on any atom is -0.370 e. The SMILES string of the molecule is Cc1c(NN)nc(C(C)C)nc1NCCC1CCCCC1. The maximum atomic E-state index is 5.57. The molecule has 0 aromatic carbocycles. The molecular formula is C16H29N5. The van der Waals surface area contributed by atoms with Crippen LogP contribution in [0, 0.1) is 12.8 Å². The molecule has 1 heterocycles. The molecule has 1 aromatic rings. The van der Waals surface area contributed by atoms with Crippen LogP contribution in [0.2, 0.25) is 0 Å². The van der Waals surface area contributed by atoms with Crippen LogP contribution in [0.25, 0.3) is 0 Å². The van der Waals surface area contributed by atoms with Gasteiger partial charge < -0.3 is 10.7 Å². The standard InChI is InChI=1S/C16H29N5/c1-11(2)14-19-15(12(3)16(20-14)21-17)18-10-9-13-7-5-4-6-8-13/h11,13H,4-10,17H2,1-3H3,(H2,18,19,20,21). The fourth-order valence-corrected chi connectivity index (χ4v) is 2.98. The highest BCUT2D eigenvalue weighted by Gasteiger charge is 2.15. The second-order valence-electron chi connectivity index (χ2n) is 6.42. The van der Waals surface area contributed by atoms with Gasteiger partial charge in [-0.25, -0.2) is 15.8 Å². The Morgan fingerprint density at radius 1 is 1.14 bits per heavy atom. The predicted molar refractivity (Wildman–Crippen MR) is 88.3 cm³/mol. The smallest absolute Gasteiger partial charge is 0.148 e. The minimum atomic E-state index is 0.289. The maximum absolute atomic E-state index is 5.57. The van der Waals surface area contributed by atoms with Gasteiger partial charge in [-0.05, 0) is 19.3 Å². The van der Waals surface area contributed by atoms with Crippen LogP contribution in [0.5, 0.6) is 0 Å². The Balaban J connectivity index is 1.99. The van der Waals surface area contributed by atoms with E-state index in [1.165, 1.54) is 38.5 Å². The summed E-state index contributed by atoms with van der Waals surface area (Å²) in [4.78, 5) is 9.11. The van der Waals surface area contributed by atoms with E-state index in [9.17, 15) is 0 Å². The largest absolute Gasteiger partial charge is 0.370 e. The van der Waals surface area contributed by atoms with Crippen molar-refractivity contribution in [2.75, 3.05) is 17.3 Å². The number of nitrogens with one attached hydrogen (secondary N) is 2. The molecule has 0 spiro atoms. The lowest BCUT2D eigenvalue weighted by molar-refractivity contribution is 0.345. The number of nitrogens with two attached hydrogens (primary N) is 1. The lowest BCUT2D eigenvalue weighted by Gasteiger charge is -2.22. The van der Waals surface area contributed by atoms with E-state index in [-0.39, 0.29) is 5.92 Å². The second kappa shape index (κ2) is 7.59. The van der Waals surface area contributed by atoms with E-state index in [0.29, 0.717) is 5.82 Å². The number of nitrogens with zero attached hydrogens (tertiary/aromatic N) is 2. The third-order valence-corrected chi connectivity index (χ3v) is 4.39. The Morgan fingerprint density at radius 2 is 1.81 bits per heavy atom. The molecule has 0 radical (unpaired) electrons. The van der Waals surface area contributed by atoms with Gasteiger partial charge in [-0.15, -0.1) is 0 Å². The van der Waals surface area contributed by atoms with E-state index in [1.54, 1.807) is 0 Å². The zero-order valence-corrected chi connectivity index (χ0v) is 13.6. The van der Waals surface area contributed by atoms with Crippen molar-refractivity contribution >= 4 is 11.6 Å². The van der Waals surface area contributed by atoms with Gasteiger partial charge in [-0.3, -0.25) is 0 Å². The summed E-state index contributed by atoms with van der Waals surface area (Å²) in [6.45, 7) is 7.17. The van der Waals surface area contributed by atoms with Crippen molar-refractivity contribution in [3.05, 3.63) is 11.4 Å². The minimum absolute atomic E-state index is 0.289. The maximum Gasteiger partial charge on any atom is 0.148 e. The molecular weight excluding hydrogens is 262 g/mol. The molecule has 0 atom stereocenters. The van der Waals surface area contributed by atoms with Crippen molar-refractivity contribution in [1.29, 1.82) is 0 Å². The average molecular weight is 291 g/mol. The number of hydrogen-bond acceptors (Lipinski definition) is 5. The number of hydrazine groups is 1. The molecule has 0 aliphatic heterocycles. The van der Waals surface area contributed by atoms with Crippen molar-refractivity contribution in [1.82, 2.24) is 9.97 Å². The van der Waals surface area contributed by atoms with Crippen LogP contribution in [0.3, 0.4) is 0 Å². The molecule has 1 aliphatic carbocycles. The Hall–Kier alpha value is -1.36. The summed E-state index contributed by atoms with van der Waals surface area (Å²) in [6.07, 6.45) is 8.21. The highest BCUT2D eigenvalue weighted by molar-refractivity contribution is 5.56. The van der Waals surface area contributed by atoms with Gasteiger partial charge in [0.2, 0.25) is 0 Å². The van der Waals surface area contributed by atoms with Gasteiger partial charge >= 0.3 is 0 Å². The predicted octanol–water partition coefficient (Wildman–Crippen LogP) is 3.58. The fourth-order valence-electron chi connectivity index (χ4n) is 2.98. The van der Waals surface area contributed by atoms with Gasteiger partial charge in [0.05, 0.1) is 0 Å². The van der Waals surface area contributed by atoms with E-state index in [0.717, 1.165) is 29.7 Å². The number of hydrogen-bond donors (Lipinski definition) is 3. The molecule has 5 heteroatoms. The third kappa shape index (κ3) is 4.30. The number of anilines is 2. The number of nitrogen functional groups attached to an aromatic ring is 1. The van der Waals surface area contributed by atoms with Crippen molar-refractivity contribution in [3.63, 3.8) is 0 Å². The van der Waals surface area contributed by atoms with E-state index in [2.05, 4.69) is 34.6 Å². The molecule has 0 unspecified atom stereocenters. The van der Waals surface area contributed by atoms with Crippen molar-refractivity contribution in [2.24, 2.45) is 11.8 Å². The first-order valence-corrected chi connectivity index (χ1v) is 8.20. The molecule has 118 valence electrons. The third-order valence-electron chi connectivity index (χ3n) is 4.39. The van der Waals surface area contributed by atoms with Gasteiger partial charge in [0.25, 0.3) is 0 Å². The van der Waals surface area contributed by atoms with Crippen LogP contribution >= 0.6 is 0 Å². The monoisotopic (exact) mass is 291 g/mol.